The summed E-state index contributed by atoms with van der Waals surface area (Å²) in [6, 6.07) is 4.37. The van der Waals surface area contributed by atoms with E-state index in [0.29, 0.717) is 12.1 Å². The number of nitrogens with zero attached hydrogens (tertiary/aromatic N) is 4. The van der Waals surface area contributed by atoms with Gasteiger partial charge in [-0.05, 0) is 23.8 Å². The van der Waals surface area contributed by atoms with Gasteiger partial charge in [-0.15, -0.1) is 5.10 Å². The second kappa shape index (κ2) is 5.13. The summed E-state index contributed by atoms with van der Waals surface area (Å²) in [7, 11) is 0. The number of rotatable bonds is 3. The van der Waals surface area contributed by atoms with Crippen molar-refractivity contribution in [3.8, 4) is 0 Å². The molecule has 2 aromatic rings. The number of nitrogens with two attached hydrogens (primary N) is 1. The van der Waals surface area contributed by atoms with Gasteiger partial charge in [0.15, 0.2) is 0 Å². The Balaban J connectivity index is 2.24. The van der Waals surface area contributed by atoms with Gasteiger partial charge in [-0.1, -0.05) is 21.1 Å². The molecule has 0 aliphatic heterocycles. The van der Waals surface area contributed by atoms with E-state index >= 15 is 0 Å². The molecule has 0 saturated carbocycles. The molecular weight excluding hydrogens is 305 g/mol. The van der Waals surface area contributed by atoms with Crippen molar-refractivity contribution in [2.24, 2.45) is 10.9 Å². The zero-order valence-corrected chi connectivity index (χ0v) is 10.7. The molecule has 0 radical (unpaired) electrons. The van der Waals surface area contributed by atoms with Crippen molar-refractivity contribution in [3.05, 3.63) is 46.2 Å². The van der Waals surface area contributed by atoms with Gasteiger partial charge in [0.05, 0.1) is 6.54 Å². The first kappa shape index (κ1) is 12.5. The standard InChI is InChI=1S/C10H9BrFN5O/c11-8-2-1-7(12)3-6(8)4-17-5-14-10(15-17)9(13)16-18/h1-3,5,18H,4H2,(H2,13,16). The van der Waals surface area contributed by atoms with Crippen LogP contribution in [0.1, 0.15) is 11.4 Å². The molecule has 94 valence electrons. The monoisotopic (exact) mass is 313 g/mol. The third-order valence-electron chi connectivity index (χ3n) is 2.21. The number of hydrogen-bond donors (Lipinski definition) is 2. The minimum atomic E-state index is -0.329. The number of amidine groups is 1. The van der Waals surface area contributed by atoms with Crippen LogP contribution < -0.4 is 5.73 Å². The number of oxime groups is 1. The van der Waals surface area contributed by atoms with Crippen molar-refractivity contribution in [3.63, 3.8) is 0 Å². The maximum absolute atomic E-state index is 13.1. The quantitative estimate of drug-likeness (QED) is 0.387. The lowest BCUT2D eigenvalue weighted by Gasteiger charge is -2.04. The fraction of sp³-hybridized carbons (Fsp3) is 0.100. The van der Waals surface area contributed by atoms with Crippen molar-refractivity contribution in [1.82, 2.24) is 14.8 Å². The molecule has 0 amide bonds. The zero-order chi connectivity index (χ0) is 13.1. The van der Waals surface area contributed by atoms with Crippen molar-refractivity contribution in [2.75, 3.05) is 0 Å². The minimum Gasteiger partial charge on any atom is -0.409 e. The van der Waals surface area contributed by atoms with E-state index in [0.717, 1.165) is 4.47 Å². The predicted molar refractivity (Wildman–Crippen MR) is 65.7 cm³/mol. The first-order valence-electron chi connectivity index (χ1n) is 4.91. The summed E-state index contributed by atoms with van der Waals surface area (Å²) in [5.74, 6) is -0.387. The number of hydrogen-bond acceptors (Lipinski definition) is 4. The maximum atomic E-state index is 13.1. The van der Waals surface area contributed by atoms with Gasteiger partial charge in [-0.2, -0.15) is 0 Å². The van der Waals surface area contributed by atoms with Crippen molar-refractivity contribution in [2.45, 2.75) is 6.54 Å². The van der Waals surface area contributed by atoms with E-state index in [1.165, 1.54) is 23.1 Å². The fourth-order valence-electron chi connectivity index (χ4n) is 1.37. The molecule has 2 rings (SSSR count). The summed E-state index contributed by atoms with van der Waals surface area (Å²) in [6.45, 7) is 0.323. The van der Waals surface area contributed by atoms with Gasteiger partial charge in [0, 0.05) is 4.47 Å². The van der Waals surface area contributed by atoms with Crippen molar-refractivity contribution >= 4 is 21.8 Å². The van der Waals surface area contributed by atoms with Crippen molar-refractivity contribution in [1.29, 1.82) is 0 Å². The fourth-order valence-corrected chi connectivity index (χ4v) is 1.74. The Kier molecular flexibility index (Phi) is 3.56. The molecule has 0 atom stereocenters. The third kappa shape index (κ3) is 2.65. The Hall–Kier alpha value is -1.96. The summed E-state index contributed by atoms with van der Waals surface area (Å²) in [6.07, 6.45) is 1.42. The minimum absolute atomic E-state index is 0.116. The average Bonchev–Trinajstić information content (AvgIpc) is 2.81. The first-order chi connectivity index (χ1) is 8.60. The predicted octanol–water partition coefficient (Wildman–Crippen LogP) is 1.32. The highest BCUT2D eigenvalue weighted by Crippen LogP contribution is 2.18. The molecule has 0 spiro atoms. The molecule has 6 nitrogen and oxygen atoms in total. The highest BCUT2D eigenvalue weighted by Gasteiger charge is 2.08. The van der Waals surface area contributed by atoms with E-state index in [2.05, 4.69) is 31.2 Å². The average molecular weight is 314 g/mol. The Labute approximate surface area is 110 Å². The van der Waals surface area contributed by atoms with E-state index < -0.39 is 0 Å². The van der Waals surface area contributed by atoms with Crippen LogP contribution in [0.3, 0.4) is 0 Å². The van der Waals surface area contributed by atoms with Gasteiger partial charge in [-0.3, -0.25) is 0 Å². The molecule has 1 heterocycles. The SMILES string of the molecule is NC(=NO)c1ncn(Cc2cc(F)ccc2Br)n1. The smallest absolute Gasteiger partial charge is 0.219 e. The van der Waals surface area contributed by atoms with Crippen LogP contribution >= 0.6 is 15.9 Å². The van der Waals surface area contributed by atoms with Gasteiger partial charge in [-0.25, -0.2) is 14.1 Å². The number of aromatic nitrogens is 3. The second-order valence-corrected chi connectivity index (χ2v) is 4.34. The summed E-state index contributed by atoms with van der Waals surface area (Å²) in [4.78, 5) is 3.86. The Bertz CT molecular complexity index is 598. The van der Waals surface area contributed by atoms with E-state index in [9.17, 15) is 4.39 Å². The Morgan fingerprint density at radius 1 is 1.56 bits per heavy atom. The van der Waals surface area contributed by atoms with Crippen LogP contribution in [0.15, 0.2) is 34.2 Å². The summed E-state index contributed by atoms with van der Waals surface area (Å²) < 4.78 is 15.3. The molecule has 1 aromatic carbocycles. The van der Waals surface area contributed by atoms with Gasteiger partial charge >= 0.3 is 0 Å². The molecule has 0 bridgehead atoms. The largest absolute Gasteiger partial charge is 0.409 e. The first-order valence-corrected chi connectivity index (χ1v) is 5.70. The van der Waals surface area contributed by atoms with Crippen LogP contribution in [0.25, 0.3) is 0 Å². The van der Waals surface area contributed by atoms with Crippen LogP contribution in [0, 0.1) is 5.82 Å². The maximum Gasteiger partial charge on any atom is 0.219 e. The van der Waals surface area contributed by atoms with Gasteiger partial charge in [0.2, 0.25) is 11.7 Å². The summed E-state index contributed by atoms with van der Waals surface area (Å²) in [5.41, 5.74) is 6.06. The molecule has 0 saturated heterocycles. The molecule has 3 N–H and O–H groups in total. The molecule has 0 aliphatic rings. The Morgan fingerprint density at radius 2 is 2.33 bits per heavy atom. The number of halogens is 2. The van der Waals surface area contributed by atoms with E-state index in [-0.39, 0.29) is 17.5 Å². The zero-order valence-electron chi connectivity index (χ0n) is 9.09. The molecule has 1 aromatic heterocycles. The van der Waals surface area contributed by atoms with Crippen LogP contribution in [0.4, 0.5) is 4.39 Å². The molecule has 18 heavy (non-hydrogen) atoms. The third-order valence-corrected chi connectivity index (χ3v) is 2.99. The topological polar surface area (TPSA) is 89.3 Å². The molecule has 0 aliphatic carbocycles. The lowest BCUT2D eigenvalue weighted by atomic mass is 10.2. The lowest BCUT2D eigenvalue weighted by Crippen LogP contribution is -2.15. The van der Waals surface area contributed by atoms with Crippen molar-refractivity contribution < 1.29 is 9.60 Å². The van der Waals surface area contributed by atoms with Crippen LogP contribution in [0.2, 0.25) is 0 Å². The second-order valence-electron chi connectivity index (χ2n) is 3.49. The lowest BCUT2D eigenvalue weighted by molar-refractivity contribution is 0.318. The molecular formula is C10H9BrFN5O. The highest BCUT2D eigenvalue weighted by atomic mass is 79.9. The van der Waals surface area contributed by atoms with Crippen LogP contribution in [-0.4, -0.2) is 25.8 Å². The van der Waals surface area contributed by atoms with E-state index in [4.69, 9.17) is 10.9 Å². The normalized spacial score (nSPS) is 11.8. The van der Waals surface area contributed by atoms with E-state index in [1.54, 1.807) is 6.07 Å². The number of benzene rings is 1. The van der Waals surface area contributed by atoms with Gasteiger partial charge in [0.1, 0.15) is 12.1 Å². The van der Waals surface area contributed by atoms with Gasteiger partial charge < -0.3 is 10.9 Å². The molecule has 0 unspecified atom stereocenters. The van der Waals surface area contributed by atoms with E-state index in [1.807, 2.05) is 0 Å². The summed E-state index contributed by atoms with van der Waals surface area (Å²) in [5, 5.41) is 15.3. The van der Waals surface area contributed by atoms with Gasteiger partial charge in [0.25, 0.3) is 0 Å². The molecule has 8 heteroatoms. The molecule has 0 fully saturated rings. The van der Waals surface area contributed by atoms with Crippen LogP contribution in [-0.2, 0) is 6.54 Å². The van der Waals surface area contributed by atoms with Crippen LogP contribution in [0.5, 0.6) is 0 Å². The summed E-state index contributed by atoms with van der Waals surface area (Å²) >= 11 is 3.32. The highest BCUT2D eigenvalue weighted by molar-refractivity contribution is 9.10. The Morgan fingerprint density at radius 3 is 3.06 bits per heavy atom.